The van der Waals surface area contributed by atoms with E-state index in [2.05, 4.69) is 36.3 Å². The van der Waals surface area contributed by atoms with Crippen LogP contribution in [-0.4, -0.2) is 31.5 Å². The van der Waals surface area contributed by atoms with Gasteiger partial charge in [0.1, 0.15) is 0 Å². The minimum absolute atomic E-state index is 0.144. The van der Waals surface area contributed by atoms with Gasteiger partial charge in [-0.25, -0.2) is 0 Å². The summed E-state index contributed by atoms with van der Waals surface area (Å²) in [6, 6.07) is 9.43. The molecular weight excluding hydrogens is 252 g/mol. The second-order valence-electron chi connectivity index (χ2n) is 5.68. The zero-order valence-electron chi connectivity index (χ0n) is 12.6. The molecule has 0 saturated carbocycles. The summed E-state index contributed by atoms with van der Waals surface area (Å²) in [5.74, 6) is 0.144. The van der Waals surface area contributed by atoms with Crippen LogP contribution >= 0.6 is 0 Å². The first-order valence-corrected chi connectivity index (χ1v) is 10.2. The lowest BCUT2D eigenvalue weighted by Gasteiger charge is -2.28. The predicted molar refractivity (Wildman–Crippen MR) is 84.2 cm³/mol. The highest BCUT2D eigenvalue weighted by atomic mass is 28.3. The summed E-state index contributed by atoms with van der Waals surface area (Å²) >= 11 is 0. The summed E-state index contributed by atoms with van der Waals surface area (Å²) in [5, 5.41) is 4.62. The van der Waals surface area contributed by atoms with Gasteiger partial charge in [-0.1, -0.05) is 56.9 Å². The van der Waals surface area contributed by atoms with Crippen LogP contribution in [0.15, 0.2) is 35.4 Å². The smallest absolute Gasteiger partial charge is 0.168 e. The largest absolute Gasteiger partial charge is 0.328 e. The van der Waals surface area contributed by atoms with Gasteiger partial charge in [-0.05, 0) is 6.42 Å². The quantitative estimate of drug-likeness (QED) is 0.343. The molecule has 0 fully saturated rings. The van der Waals surface area contributed by atoms with E-state index in [4.69, 9.17) is 0 Å². The molecule has 0 spiro atoms. The third kappa shape index (κ3) is 4.99. The number of hydrogen-bond donors (Lipinski definition) is 0. The maximum Gasteiger partial charge on any atom is 0.168 e. The predicted octanol–water partition coefficient (Wildman–Crippen LogP) is 3.79. The number of hydrogen-bond acceptors (Lipinski definition) is 3. The van der Waals surface area contributed by atoms with Gasteiger partial charge in [0, 0.05) is 18.3 Å². The zero-order chi connectivity index (χ0) is 14.5. The lowest BCUT2D eigenvalue weighted by atomic mass is 10.0. The topological polar surface area (TPSA) is 32.7 Å². The van der Waals surface area contributed by atoms with Crippen LogP contribution in [0.5, 0.6) is 0 Å². The van der Waals surface area contributed by atoms with Crippen molar-refractivity contribution in [2.24, 2.45) is 5.10 Å². The fourth-order valence-corrected chi connectivity index (χ4v) is 1.95. The van der Waals surface area contributed by atoms with Crippen LogP contribution in [0.4, 0.5) is 0 Å². The minimum Gasteiger partial charge on any atom is -0.328 e. The van der Waals surface area contributed by atoms with Crippen LogP contribution in [0.1, 0.15) is 30.1 Å². The summed E-state index contributed by atoms with van der Waals surface area (Å²) in [6.07, 6.45) is 1.22. The van der Waals surface area contributed by atoms with Gasteiger partial charge in [0.15, 0.2) is 14.0 Å². The summed E-state index contributed by atoms with van der Waals surface area (Å²) in [6.45, 7) is 8.77. The molecule has 104 valence electrons. The standard InChI is InChI=1S/C15H24N2OSi/c1-6-14(16-17(2)19(3,4)5)12-15(18)13-10-8-7-9-11-13/h7-11H,6,12H2,1-5H3/b16-14+. The first-order valence-electron chi connectivity index (χ1n) is 6.73. The SMILES string of the molecule is CC/C(CC(=O)c1ccccc1)=N\N(C)[Si](C)(C)C. The van der Waals surface area contributed by atoms with Crippen molar-refractivity contribution in [2.45, 2.75) is 39.4 Å². The highest BCUT2D eigenvalue weighted by Crippen LogP contribution is 2.10. The third-order valence-corrected chi connectivity index (χ3v) is 5.17. The molecule has 0 aliphatic rings. The monoisotopic (exact) mass is 276 g/mol. The van der Waals surface area contributed by atoms with Crippen molar-refractivity contribution in [3.05, 3.63) is 35.9 Å². The van der Waals surface area contributed by atoms with Gasteiger partial charge in [-0.15, -0.1) is 0 Å². The number of Topliss-reactive ketones (excluding diaryl/α,β-unsaturated/α-hetero) is 1. The van der Waals surface area contributed by atoms with Crippen LogP contribution in [-0.2, 0) is 0 Å². The molecule has 3 nitrogen and oxygen atoms in total. The van der Waals surface area contributed by atoms with E-state index in [1.165, 1.54) is 0 Å². The van der Waals surface area contributed by atoms with Crippen molar-refractivity contribution >= 4 is 19.7 Å². The van der Waals surface area contributed by atoms with E-state index in [1.54, 1.807) is 0 Å². The van der Waals surface area contributed by atoms with Crippen LogP contribution < -0.4 is 0 Å². The van der Waals surface area contributed by atoms with Gasteiger partial charge in [-0.2, -0.15) is 5.10 Å². The van der Waals surface area contributed by atoms with Gasteiger partial charge in [0.2, 0.25) is 0 Å². The Labute approximate surface area is 117 Å². The molecule has 0 aliphatic heterocycles. The molecule has 0 heterocycles. The lowest BCUT2D eigenvalue weighted by molar-refractivity contribution is 0.1000. The number of hydrazone groups is 1. The maximum absolute atomic E-state index is 12.2. The second-order valence-corrected chi connectivity index (χ2v) is 10.7. The molecule has 4 heteroatoms. The Balaban J connectivity index is 2.78. The number of carbonyl (C=O) groups is 1. The number of rotatable bonds is 6. The Bertz CT molecular complexity index is 449. The molecule has 19 heavy (non-hydrogen) atoms. The fraction of sp³-hybridized carbons (Fsp3) is 0.467. The normalized spacial score (nSPS) is 12.4. The van der Waals surface area contributed by atoms with Crippen molar-refractivity contribution in [3.8, 4) is 0 Å². The van der Waals surface area contributed by atoms with Crippen LogP contribution in [0.25, 0.3) is 0 Å². The van der Waals surface area contributed by atoms with Crippen molar-refractivity contribution in [2.75, 3.05) is 7.05 Å². The molecule has 0 aromatic heterocycles. The van der Waals surface area contributed by atoms with Crippen molar-refractivity contribution in [1.29, 1.82) is 0 Å². The van der Waals surface area contributed by atoms with E-state index in [0.717, 1.165) is 17.7 Å². The molecule has 1 aromatic rings. The Morgan fingerprint density at radius 3 is 2.26 bits per heavy atom. The second kappa shape index (κ2) is 6.66. The first kappa shape index (κ1) is 15.6. The Morgan fingerprint density at radius 1 is 1.21 bits per heavy atom. The molecule has 0 amide bonds. The van der Waals surface area contributed by atoms with Crippen molar-refractivity contribution in [3.63, 3.8) is 0 Å². The van der Waals surface area contributed by atoms with E-state index < -0.39 is 8.24 Å². The summed E-state index contributed by atoms with van der Waals surface area (Å²) in [7, 11) is 0.573. The lowest BCUT2D eigenvalue weighted by Crippen LogP contribution is -2.40. The molecule has 1 aromatic carbocycles. The highest BCUT2D eigenvalue weighted by molar-refractivity contribution is 6.73. The van der Waals surface area contributed by atoms with Gasteiger partial charge in [-0.3, -0.25) is 4.79 Å². The molecular formula is C15H24N2OSi. The molecule has 0 unspecified atom stereocenters. The number of ketones is 1. The average Bonchev–Trinajstić information content (AvgIpc) is 2.37. The summed E-state index contributed by atoms with van der Waals surface area (Å²) < 4.78 is 2.06. The van der Waals surface area contributed by atoms with Crippen LogP contribution in [0.2, 0.25) is 19.6 Å². The van der Waals surface area contributed by atoms with E-state index in [0.29, 0.717) is 6.42 Å². The Morgan fingerprint density at radius 2 is 1.79 bits per heavy atom. The van der Waals surface area contributed by atoms with Gasteiger partial charge in [0.25, 0.3) is 0 Å². The molecule has 0 radical (unpaired) electrons. The van der Waals surface area contributed by atoms with Crippen molar-refractivity contribution in [1.82, 2.24) is 4.67 Å². The summed E-state index contributed by atoms with van der Waals surface area (Å²) in [4.78, 5) is 12.2. The van der Waals surface area contributed by atoms with Crippen LogP contribution in [0, 0.1) is 0 Å². The fourth-order valence-electron chi connectivity index (χ4n) is 1.50. The molecule has 1 rings (SSSR count). The third-order valence-electron chi connectivity index (χ3n) is 3.13. The van der Waals surface area contributed by atoms with Crippen LogP contribution in [0.3, 0.4) is 0 Å². The van der Waals surface area contributed by atoms with Gasteiger partial charge >= 0.3 is 0 Å². The number of benzene rings is 1. The van der Waals surface area contributed by atoms with Gasteiger partial charge < -0.3 is 4.67 Å². The molecule has 0 N–H and O–H groups in total. The van der Waals surface area contributed by atoms with E-state index in [9.17, 15) is 4.79 Å². The Hall–Kier alpha value is -1.42. The molecule has 0 aliphatic carbocycles. The van der Waals surface area contributed by atoms with E-state index >= 15 is 0 Å². The molecule has 0 bridgehead atoms. The number of nitrogens with zero attached hydrogens (tertiary/aromatic N) is 2. The first-order chi connectivity index (χ1) is 8.84. The van der Waals surface area contributed by atoms with E-state index in [-0.39, 0.29) is 5.78 Å². The van der Waals surface area contributed by atoms with E-state index in [1.807, 2.05) is 37.4 Å². The van der Waals surface area contributed by atoms with Crippen molar-refractivity contribution < 1.29 is 4.79 Å². The average molecular weight is 276 g/mol. The molecule has 0 atom stereocenters. The highest BCUT2D eigenvalue weighted by Gasteiger charge is 2.19. The minimum atomic E-state index is -1.44. The van der Waals surface area contributed by atoms with Gasteiger partial charge in [0.05, 0.1) is 6.42 Å². The Kier molecular flexibility index (Phi) is 5.48. The summed E-state index contributed by atoms with van der Waals surface area (Å²) in [5.41, 5.74) is 1.72. The molecule has 0 saturated heterocycles. The number of carbonyl (C=O) groups excluding carboxylic acids is 1. The maximum atomic E-state index is 12.2. The zero-order valence-corrected chi connectivity index (χ0v) is 13.6.